The Hall–Kier alpha value is -1.05. The lowest BCUT2D eigenvalue weighted by Gasteiger charge is -2.04. The minimum absolute atomic E-state index is 0.201. The second-order valence-corrected chi connectivity index (χ2v) is 13.7. The van der Waals surface area contributed by atoms with Crippen molar-refractivity contribution in [1.29, 1.82) is 0 Å². The standard InChI is InChI=1S/C42H80O2/c1-3-5-7-9-11-13-15-17-19-21-22-23-25-27-29-31-33-35-37-39-41-44-42(43)40-38-36-34-32-30-28-26-24-20-18-16-14-12-10-8-6-4-2/h34,36,38,40H,3-33,35,37,39,41H2,1-2H3. The number of rotatable bonds is 37. The van der Waals surface area contributed by atoms with Crippen LogP contribution in [0.5, 0.6) is 0 Å². The van der Waals surface area contributed by atoms with E-state index in [-0.39, 0.29) is 5.97 Å². The van der Waals surface area contributed by atoms with E-state index in [1.807, 2.05) is 12.2 Å². The quantitative estimate of drug-likeness (QED) is 0.0300. The van der Waals surface area contributed by atoms with E-state index in [1.54, 1.807) is 6.08 Å². The molecule has 0 saturated heterocycles. The Kier molecular flexibility index (Phi) is 39.0. The highest BCUT2D eigenvalue weighted by Gasteiger charge is 1.98. The van der Waals surface area contributed by atoms with Crippen molar-refractivity contribution in [1.82, 2.24) is 0 Å². The van der Waals surface area contributed by atoms with Crippen LogP contribution in [-0.4, -0.2) is 12.6 Å². The van der Waals surface area contributed by atoms with Gasteiger partial charge in [-0.15, -0.1) is 0 Å². The van der Waals surface area contributed by atoms with Crippen molar-refractivity contribution in [3.8, 4) is 0 Å². The van der Waals surface area contributed by atoms with Crippen LogP contribution in [0.1, 0.15) is 232 Å². The number of allylic oxidation sites excluding steroid dienone is 3. The first kappa shape index (κ1) is 43.0. The molecule has 0 aliphatic heterocycles. The van der Waals surface area contributed by atoms with Crippen LogP contribution >= 0.6 is 0 Å². The Morgan fingerprint density at radius 1 is 0.386 bits per heavy atom. The first-order valence-electron chi connectivity index (χ1n) is 20.3. The van der Waals surface area contributed by atoms with Gasteiger partial charge in [0, 0.05) is 6.08 Å². The number of hydrogen-bond donors (Lipinski definition) is 0. The predicted octanol–water partition coefficient (Wildman–Crippen LogP) is 14.9. The number of carbonyl (C=O) groups excluding carboxylic acids is 1. The van der Waals surface area contributed by atoms with Crippen LogP contribution in [0.25, 0.3) is 0 Å². The molecule has 0 rings (SSSR count). The van der Waals surface area contributed by atoms with Crippen LogP contribution in [-0.2, 0) is 9.53 Å². The molecule has 260 valence electrons. The van der Waals surface area contributed by atoms with E-state index in [1.165, 1.54) is 205 Å². The third-order valence-electron chi connectivity index (χ3n) is 9.20. The van der Waals surface area contributed by atoms with Gasteiger partial charge in [0.2, 0.25) is 0 Å². The molecule has 0 aliphatic rings. The third kappa shape index (κ3) is 39.0. The van der Waals surface area contributed by atoms with Gasteiger partial charge in [-0.3, -0.25) is 0 Å². The van der Waals surface area contributed by atoms with Gasteiger partial charge < -0.3 is 4.74 Å². The fourth-order valence-electron chi connectivity index (χ4n) is 6.17. The Bertz CT molecular complexity index is 593. The summed E-state index contributed by atoms with van der Waals surface area (Å²) in [6, 6.07) is 0. The smallest absolute Gasteiger partial charge is 0.330 e. The van der Waals surface area contributed by atoms with Gasteiger partial charge in [0.05, 0.1) is 6.61 Å². The molecule has 0 atom stereocenters. The molecule has 0 spiro atoms. The monoisotopic (exact) mass is 617 g/mol. The maximum Gasteiger partial charge on any atom is 0.330 e. The molecular formula is C42H80O2. The van der Waals surface area contributed by atoms with Gasteiger partial charge in [0.1, 0.15) is 0 Å². The van der Waals surface area contributed by atoms with Crippen molar-refractivity contribution in [3.63, 3.8) is 0 Å². The van der Waals surface area contributed by atoms with Gasteiger partial charge in [-0.2, -0.15) is 0 Å². The summed E-state index contributed by atoms with van der Waals surface area (Å²) < 4.78 is 5.35. The van der Waals surface area contributed by atoms with Crippen LogP contribution < -0.4 is 0 Å². The molecule has 0 N–H and O–H groups in total. The fourth-order valence-corrected chi connectivity index (χ4v) is 6.17. The van der Waals surface area contributed by atoms with E-state index in [2.05, 4.69) is 19.9 Å². The predicted molar refractivity (Wildman–Crippen MR) is 198 cm³/mol. The maximum absolute atomic E-state index is 11.9. The lowest BCUT2D eigenvalue weighted by molar-refractivity contribution is -0.137. The van der Waals surface area contributed by atoms with Gasteiger partial charge in [-0.05, 0) is 19.3 Å². The first-order valence-corrected chi connectivity index (χ1v) is 20.3. The van der Waals surface area contributed by atoms with Crippen molar-refractivity contribution in [3.05, 3.63) is 24.3 Å². The zero-order chi connectivity index (χ0) is 31.9. The number of carbonyl (C=O) groups is 1. The van der Waals surface area contributed by atoms with Crippen molar-refractivity contribution in [2.75, 3.05) is 6.61 Å². The molecule has 0 amide bonds. The second kappa shape index (κ2) is 40.0. The van der Waals surface area contributed by atoms with Crippen LogP contribution in [0, 0.1) is 0 Å². The first-order chi connectivity index (χ1) is 21.8. The Morgan fingerprint density at radius 3 is 1.02 bits per heavy atom. The summed E-state index contributed by atoms with van der Waals surface area (Å²) in [6.45, 7) is 5.14. The molecule has 0 aromatic rings. The maximum atomic E-state index is 11.9. The Labute approximate surface area is 278 Å². The Morgan fingerprint density at radius 2 is 0.682 bits per heavy atom. The Balaban J connectivity index is 3.25. The van der Waals surface area contributed by atoms with E-state index < -0.39 is 0 Å². The number of unbranched alkanes of at least 4 members (excludes halogenated alkanes) is 32. The van der Waals surface area contributed by atoms with Gasteiger partial charge in [0.15, 0.2) is 0 Å². The molecule has 0 aromatic carbocycles. The van der Waals surface area contributed by atoms with E-state index >= 15 is 0 Å². The SMILES string of the molecule is CCCCCCCCCCCCCCCC=CC=CC(=O)OCCCCCCCCCCCCCCCCCCCCCC. The number of hydrogen-bond acceptors (Lipinski definition) is 2. The largest absolute Gasteiger partial charge is 0.463 e. The van der Waals surface area contributed by atoms with E-state index in [9.17, 15) is 4.79 Å². The highest BCUT2D eigenvalue weighted by Crippen LogP contribution is 2.15. The number of ether oxygens (including phenoxy) is 1. The van der Waals surface area contributed by atoms with Gasteiger partial charge in [-0.1, -0.05) is 231 Å². The fraction of sp³-hybridized carbons (Fsp3) is 0.881. The number of esters is 1. The molecule has 2 nitrogen and oxygen atoms in total. The minimum atomic E-state index is -0.201. The zero-order valence-electron chi connectivity index (χ0n) is 30.4. The third-order valence-corrected chi connectivity index (χ3v) is 9.20. The van der Waals surface area contributed by atoms with Gasteiger partial charge in [-0.25, -0.2) is 4.79 Å². The highest BCUT2D eigenvalue weighted by molar-refractivity contribution is 5.82. The minimum Gasteiger partial charge on any atom is -0.463 e. The normalized spacial score (nSPS) is 11.8. The van der Waals surface area contributed by atoms with Crippen molar-refractivity contribution < 1.29 is 9.53 Å². The summed E-state index contributed by atoms with van der Waals surface area (Å²) in [7, 11) is 0. The van der Waals surface area contributed by atoms with Crippen LogP contribution in [0.15, 0.2) is 24.3 Å². The summed E-state index contributed by atoms with van der Waals surface area (Å²) in [5.41, 5.74) is 0. The molecule has 0 aliphatic carbocycles. The summed E-state index contributed by atoms with van der Waals surface area (Å²) in [5.74, 6) is -0.201. The van der Waals surface area contributed by atoms with Gasteiger partial charge >= 0.3 is 5.97 Å². The van der Waals surface area contributed by atoms with Crippen LogP contribution in [0.2, 0.25) is 0 Å². The molecular weight excluding hydrogens is 536 g/mol. The van der Waals surface area contributed by atoms with Crippen molar-refractivity contribution >= 4 is 5.97 Å². The lowest BCUT2D eigenvalue weighted by Crippen LogP contribution is -2.02. The summed E-state index contributed by atoms with van der Waals surface area (Å²) in [6.07, 6.45) is 54.5. The summed E-state index contributed by atoms with van der Waals surface area (Å²) >= 11 is 0. The summed E-state index contributed by atoms with van der Waals surface area (Å²) in [5, 5.41) is 0. The molecule has 0 heterocycles. The van der Waals surface area contributed by atoms with Crippen LogP contribution in [0.3, 0.4) is 0 Å². The van der Waals surface area contributed by atoms with Gasteiger partial charge in [0.25, 0.3) is 0 Å². The molecule has 0 saturated carbocycles. The summed E-state index contributed by atoms with van der Waals surface area (Å²) in [4.78, 5) is 11.9. The van der Waals surface area contributed by atoms with Crippen molar-refractivity contribution in [2.24, 2.45) is 0 Å². The van der Waals surface area contributed by atoms with Crippen molar-refractivity contribution in [2.45, 2.75) is 232 Å². The molecule has 0 aromatic heterocycles. The molecule has 2 heteroatoms. The molecule has 44 heavy (non-hydrogen) atoms. The molecule has 0 fully saturated rings. The highest BCUT2D eigenvalue weighted by atomic mass is 16.5. The molecule has 0 unspecified atom stereocenters. The van der Waals surface area contributed by atoms with E-state index in [0.717, 1.165) is 12.8 Å². The molecule has 0 bridgehead atoms. The lowest BCUT2D eigenvalue weighted by atomic mass is 10.0. The average Bonchev–Trinajstić information content (AvgIpc) is 3.03. The van der Waals surface area contributed by atoms with E-state index in [0.29, 0.717) is 6.61 Å². The van der Waals surface area contributed by atoms with Crippen LogP contribution in [0.4, 0.5) is 0 Å². The average molecular weight is 617 g/mol. The topological polar surface area (TPSA) is 26.3 Å². The van der Waals surface area contributed by atoms with E-state index in [4.69, 9.17) is 4.74 Å². The zero-order valence-corrected chi connectivity index (χ0v) is 30.4. The molecule has 0 radical (unpaired) electrons. The second-order valence-electron chi connectivity index (χ2n) is 13.7.